The molecule has 5 nitrogen and oxygen atoms in total. The topological polar surface area (TPSA) is 78.7 Å². The molecule has 8 heteroatoms. The Kier molecular flexibility index (Phi) is 4.46. The van der Waals surface area contributed by atoms with Crippen LogP contribution in [0.4, 0.5) is 5.00 Å². The molecule has 3 aromatic heterocycles. The number of carbonyl (C=O) groups is 1. The van der Waals surface area contributed by atoms with Gasteiger partial charge < -0.3 is 5.32 Å². The van der Waals surface area contributed by atoms with Crippen LogP contribution >= 0.6 is 34.4 Å². The number of nitrogens with one attached hydrogen (secondary N) is 1. The Hall–Kier alpha value is -1.95. The third-order valence-electron chi connectivity index (χ3n) is 4.02. The summed E-state index contributed by atoms with van der Waals surface area (Å²) in [6.45, 7) is 1.89. The first-order valence-electron chi connectivity index (χ1n) is 7.85. The summed E-state index contributed by atoms with van der Waals surface area (Å²) in [7, 11) is 0. The summed E-state index contributed by atoms with van der Waals surface area (Å²) >= 11 is 4.56. The number of hydrogen-bond acceptors (Lipinski definition) is 7. The Labute approximate surface area is 157 Å². The molecular weight excluding hydrogens is 372 g/mol. The highest BCUT2D eigenvalue weighted by Crippen LogP contribution is 2.40. The average molecular weight is 387 g/mol. The van der Waals surface area contributed by atoms with Crippen LogP contribution in [-0.2, 0) is 17.6 Å². The molecule has 1 N–H and O–H groups in total. The van der Waals surface area contributed by atoms with Crippen molar-refractivity contribution >= 4 is 55.6 Å². The van der Waals surface area contributed by atoms with Gasteiger partial charge in [0.2, 0.25) is 5.91 Å². The number of thiophene rings is 2. The monoisotopic (exact) mass is 386 g/mol. The van der Waals surface area contributed by atoms with E-state index < -0.39 is 0 Å². The highest BCUT2D eigenvalue weighted by Gasteiger charge is 2.22. The first kappa shape index (κ1) is 16.5. The van der Waals surface area contributed by atoms with Crippen LogP contribution < -0.4 is 5.32 Å². The molecule has 4 rings (SSSR count). The predicted molar refractivity (Wildman–Crippen MR) is 103 cm³/mol. The number of nitrogens with zero attached hydrogens (tertiary/aromatic N) is 3. The van der Waals surface area contributed by atoms with Gasteiger partial charge in [-0.25, -0.2) is 9.97 Å². The second kappa shape index (κ2) is 6.75. The molecule has 0 spiro atoms. The molecule has 126 valence electrons. The predicted octanol–water partition coefficient (Wildman–Crippen LogP) is 4.15. The smallest absolute Gasteiger partial charge is 0.235 e. The summed E-state index contributed by atoms with van der Waals surface area (Å²) < 4.78 is 0. The van der Waals surface area contributed by atoms with Crippen molar-refractivity contribution in [1.29, 1.82) is 5.26 Å². The number of thioether (sulfide) groups is 1. The molecule has 0 fully saturated rings. The average Bonchev–Trinajstić information content (AvgIpc) is 3.27. The number of anilines is 1. The zero-order valence-corrected chi connectivity index (χ0v) is 15.9. The summed E-state index contributed by atoms with van der Waals surface area (Å²) in [4.78, 5) is 23.9. The van der Waals surface area contributed by atoms with E-state index in [2.05, 4.69) is 21.4 Å². The van der Waals surface area contributed by atoms with E-state index in [1.54, 1.807) is 22.8 Å². The van der Waals surface area contributed by atoms with Crippen molar-refractivity contribution in [2.75, 3.05) is 11.1 Å². The van der Waals surface area contributed by atoms with E-state index in [0.29, 0.717) is 10.6 Å². The molecule has 0 unspecified atom stereocenters. The van der Waals surface area contributed by atoms with E-state index in [0.717, 1.165) is 33.9 Å². The Morgan fingerprint density at radius 2 is 2.32 bits per heavy atom. The van der Waals surface area contributed by atoms with Crippen molar-refractivity contribution in [2.24, 2.45) is 0 Å². The van der Waals surface area contributed by atoms with E-state index in [9.17, 15) is 4.79 Å². The standard InChI is InChI=1S/C17H14N4OS3/c1-9-19-16(14-11-3-2-4-12(11)25-17(14)20-9)24-8-13(22)21-15-10(7-18)5-6-23-15/h5-6H,2-4,8H2,1H3,(H,21,22). The van der Waals surface area contributed by atoms with Gasteiger partial charge in [0.05, 0.1) is 11.3 Å². The number of rotatable bonds is 4. The third-order valence-corrected chi connectivity index (χ3v) is 7.01. The SMILES string of the molecule is Cc1nc(SCC(=O)Nc2sccc2C#N)c2c3c(sc2n1)CCC3. The summed E-state index contributed by atoms with van der Waals surface area (Å²) in [6, 6.07) is 3.79. The molecule has 1 aliphatic rings. The summed E-state index contributed by atoms with van der Waals surface area (Å²) in [5.74, 6) is 0.875. The molecule has 0 aliphatic heterocycles. The number of aromatic nitrogens is 2. The Morgan fingerprint density at radius 1 is 1.44 bits per heavy atom. The van der Waals surface area contributed by atoms with E-state index in [1.807, 2.05) is 6.92 Å². The molecule has 25 heavy (non-hydrogen) atoms. The van der Waals surface area contributed by atoms with Crippen molar-refractivity contribution in [3.05, 3.63) is 33.3 Å². The lowest BCUT2D eigenvalue weighted by Crippen LogP contribution is -2.14. The van der Waals surface area contributed by atoms with Crippen LogP contribution in [0.3, 0.4) is 0 Å². The van der Waals surface area contributed by atoms with E-state index >= 15 is 0 Å². The lowest BCUT2D eigenvalue weighted by atomic mass is 10.2. The number of hydrogen-bond donors (Lipinski definition) is 1. The number of aryl methyl sites for hydroxylation is 3. The summed E-state index contributed by atoms with van der Waals surface area (Å²) in [5, 5.41) is 16.3. The zero-order chi connectivity index (χ0) is 17.4. The maximum Gasteiger partial charge on any atom is 0.235 e. The van der Waals surface area contributed by atoms with E-state index in [-0.39, 0.29) is 11.7 Å². The minimum Gasteiger partial charge on any atom is -0.316 e. The normalized spacial score (nSPS) is 13.0. The van der Waals surface area contributed by atoms with E-state index in [4.69, 9.17) is 5.26 Å². The molecule has 1 aliphatic carbocycles. The summed E-state index contributed by atoms with van der Waals surface area (Å²) in [6.07, 6.45) is 3.38. The second-order valence-corrected chi connectivity index (χ2v) is 8.69. The number of carbonyl (C=O) groups excluding carboxylic acids is 1. The number of nitriles is 1. The highest BCUT2D eigenvalue weighted by atomic mass is 32.2. The van der Waals surface area contributed by atoms with Gasteiger partial charge in [-0.2, -0.15) is 5.26 Å². The van der Waals surface area contributed by atoms with Crippen LogP contribution in [-0.4, -0.2) is 21.6 Å². The molecule has 0 radical (unpaired) electrons. The molecule has 0 atom stereocenters. The Morgan fingerprint density at radius 3 is 3.16 bits per heavy atom. The highest BCUT2D eigenvalue weighted by molar-refractivity contribution is 8.00. The van der Waals surface area contributed by atoms with Gasteiger partial charge in [0.1, 0.15) is 26.8 Å². The molecule has 0 aromatic carbocycles. The van der Waals surface area contributed by atoms with Crippen molar-refractivity contribution in [3.8, 4) is 6.07 Å². The van der Waals surface area contributed by atoms with Crippen molar-refractivity contribution in [2.45, 2.75) is 31.2 Å². The van der Waals surface area contributed by atoms with Crippen molar-refractivity contribution in [3.63, 3.8) is 0 Å². The molecule has 3 heterocycles. The first-order valence-corrected chi connectivity index (χ1v) is 10.5. The van der Waals surface area contributed by atoms with Crippen molar-refractivity contribution < 1.29 is 4.79 Å². The van der Waals surface area contributed by atoms with Gasteiger partial charge in [-0.15, -0.1) is 22.7 Å². The maximum atomic E-state index is 12.3. The number of fused-ring (bicyclic) bond motifs is 3. The van der Waals surface area contributed by atoms with Gasteiger partial charge in [0.25, 0.3) is 0 Å². The van der Waals surface area contributed by atoms with Gasteiger partial charge in [-0.1, -0.05) is 11.8 Å². The van der Waals surface area contributed by atoms with Gasteiger partial charge in [-0.3, -0.25) is 4.79 Å². The molecular formula is C17H14N4OS3. The minimum absolute atomic E-state index is 0.125. The molecule has 0 bridgehead atoms. The van der Waals surface area contributed by atoms with Crippen molar-refractivity contribution in [1.82, 2.24) is 9.97 Å². The van der Waals surface area contributed by atoms with Crippen LogP contribution in [0.15, 0.2) is 16.5 Å². The quantitative estimate of drug-likeness (QED) is 0.538. The number of amides is 1. The fraction of sp³-hybridized carbons (Fsp3) is 0.294. The zero-order valence-electron chi connectivity index (χ0n) is 13.5. The summed E-state index contributed by atoms with van der Waals surface area (Å²) in [5.41, 5.74) is 1.87. The molecule has 3 aromatic rings. The molecule has 1 amide bonds. The largest absolute Gasteiger partial charge is 0.316 e. The van der Waals surface area contributed by atoms with Crippen LogP contribution in [0.2, 0.25) is 0 Å². The maximum absolute atomic E-state index is 12.3. The van der Waals surface area contributed by atoms with E-state index in [1.165, 1.54) is 40.0 Å². The Bertz CT molecular complexity index is 1010. The van der Waals surface area contributed by atoms with Crippen LogP contribution in [0.5, 0.6) is 0 Å². The van der Waals surface area contributed by atoms with Gasteiger partial charge in [0, 0.05) is 10.3 Å². The third kappa shape index (κ3) is 3.15. The lowest BCUT2D eigenvalue weighted by Gasteiger charge is -2.06. The minimum atomic E-state index is -0.125. The van der Waals surface area contributed by atoms with Gasteiger partial charge in [-0.05, 0) is 43.2 Å². The second-order valence-electron chi connectivity index (χ2n) is 5.73. The molecule has 0 saturated heterocycles. The van der Waals surface area contributed by atoms with Gasteiger partial charge >= 0.3 is 0 Å². The first-order chi connectivity index (χ1) is 12.2. The molecule has 0 saturated carbocycles. The fourth-order valence-corrected chi connectivity index (χ4v) is 5.99. The van der Waals surface area contributed by atoms with Crippen LogP contribution in [0, 0.1) is 18.3 Å². The fourth-order valence-electron chi connectivity index (χ4n) is 2.96. The Balaban J connectivity index is 1.55. The lowest BCUT2D eigenvalue weighted by molar-refractivity contribution is -0.113. The van der Waals surface area contributed by atoms with Crippen LogP contribution in [0.25, 0.3) is 10.2 Å². The van der Waals surface area contributed by atoms with Gasteiger partial charge in [0.15, 0.2) is 0 Å². The van der Waals surface area contributed by atoms with Crippen LogP contribution in [0.1, 0.15) is 28.2 Å².